The van der Waals surface area contributed by atoms with Gasteiger partial charge in [-0.25, -0.2) is 0 Å². The van der Waals surface area contributed by atoms with E-state index in [1.807, 2.05) is 11.8 Å². The Kier molecular flexibility index (Phi) is 4.69. The number of hydrogen-bond donors (Lipinski definition) is 1. The van der Waals surface area contributed by atoms with Gasteiger partial charge in [-0.3, -0.25) is 0 Å². The van der Waals surface area contributed by atoms with Crippen LogP contribution < -0.4 is 5.32 Å². The Balaban J connectivity index is 1.69. The van der Waals surface area contributed by atoms with E-state index in [4.69, 9.17) is 0 Å². The molecular weight excluding hydrogens is 308 g/mol. The number of benzene rings is 2. The zero-order valence-electron chi connectivity index (χ0n) is 13.0. The average molecular weight is 329 g/mol. The van der Waals surface area contributed by atoms with Crippen molar-refractivity contribution in [3.63, 3.8) is 0 Å². The van der Waals surface area contributed by atoms with Crippen LogP contribution in [0.1, 0.15) is 11.1 Å². The monoisotopic (exact) mass is 328 g/mol. The van der Waals surface area contributed by atoms with Crippen molar-refractivity contribution >= 4 is 34.9 Å². The lowest BCUT2D eigenvalue weighted by Gasteiger charge is -2.26. The molecule has 2 aromatic carbocycles. The van der Waals surface area contributed by atoms with E-state index in [1.165, 1.54) is 21.7 Å². The second-order valence-corrected chi connectivity index (χ2v) is 7.18. The molecule has 1 aliphatic heterocycles. The standard InChI is InChI=1S/C18H20N2S2/c1-13-4-6-14(7-5-13)17-12-22-18(20(17)2)19-15-8-10-16(21-3)11-9-15/h4-12,18-19H,1-3H3. The maximum Gasteiger partial charge on any atom is 0.152 e. The fraction of sp³-hybridized carbons (Fsp3) is 0.222. The molecule has 4 heteroatoms. The summed E-state index contributed by atoms with van der Waals surface area (Å²) in [6.07, 6.45) is 2.10. The molecule has 0 aliphatic carbocycles. The minimum Gasteiger partial charge on any atom is -0.356 e. The fourth-order valence-corrected chi connectivity index (χ4v) is 3.85. The highest BCUT2D eigenvalue weighted by Gasteiger charge is 2.24. The van der Waals surface area contributed by atoms with Crippen molar-refractivity contribution in [2.45, 2.75) is 17.3 Å². The number of rotatable bonds is 4. The molecule has 1 N–H and O–H groups in total. The maximum atomic E-state index is 3.58. The van der Waals surface area contributed by atoms with E-state index < -0.39 is 0 Å². The minimum atomic E-state index is 0.233. The van der Waals surface area contributed by atoms with Crippen molar-refractivity contribution < 1.29 is 0 Å². The summed E-state index contributed by atoms with van der Waals surface area (Å²) in [5.41, 5.74) is 5.21. The molecule has 1 atom stereocenters. The van der Waals surface area contributed by atoms with Crippen LogP contribution in [0.25, 0.3) is 5.70 Å². The van der Waals surface area contributed by atoms with Crippen molar-refractivity contribution in [3.05, 3.63) is 65.1 Å². The smallest absolute Gasteiger partial charge is 0.152 e. The highest BCUT2D eigenvalue weighted by atomic mass is 32.2. The Hall–Kier alpha value is -1.52. The van der Waals surface area contributed by atoms with Crippen LogP contribution in [0.4, 0.5) is 5.69 Å². The molecule has 0 aromatic heterocycles. The van der Waals surface area contributed by atoms with Crippen LogP contribution in [-0.2, 0) is 0 Å². The van der Waals surface area contributed by atoms with Gasteiger partial charge in [0.15, 0.2) is 5.50 Å². The number of anilines is 1. The van der Waals surface area contributed by atoms with E-state index in [-0.39, 0.29) is 5.50 Å². The molecule has 0 amide bonds. The molecule has 1 aliphatic rings. The van der Waals surface area contributed by atoms with Gasteiger partial charge in [0.1, 0.15) is 0 Å². The summed E-state index contributed by atoms with van der Waals surface area (Å²) < 4.78 is 0. The van der Waals surface area contributed by atoms with Gasteiger partial charge in [0.25, 0.3) is 0 Å². The van der Waals surface area contributed by atoms with Gasteiger partial charge in [0, 0.05) is 17.6 Å². The molecule has 22 heavy (non-hydrogen) atoms. The maximum absolute atomic E-state index is 3.58. The van der Waals surface area contributed by atoms with Crippen molar-refractivity contribution in [2.75, 3.05) is 18.6 Å². The highest BCUT2D eigenvalue weighted by molar-refractivity contribution is 8.03. The van der Waals surface area contributed by atoms with Crippen molar-refractivity contribution in [1.82, 2.24) is 4.90 Å². The van der Waals surface area contributed by atoms with Crippen LogP contribution in [0.3, 0.4) is 0 Å². The predicted octanol–water partition coefficient (Wildman–Crippen LogP) is 5.09. The van der Waals surface area contributed by atoms with Gasteiger partial charge in [0.05, 0.1) is 5.70 Å². The quantitative estimate of drug-likeness (QED) is 0.786. The molecule has 0 bridgehead atoms. The molecule has 3 rings (SSSR count). The second-order valence-electron chi connectivity index (χ2n) is 5.34. The first-order valence-electron chi connectivity index (χ1n) is 7.23. The summed E-state index contributed by atoms with van der Waals surface area (Å²) in [6, 6.07) is 17.3. The number of thioether (sulfide) groups is 2. The number of nitrogens with one attached hydrogen (secondary N) is 1. The molecule has 0 spiro atoms. The van der Waals surface area contributed by atoms with E-state index in [1.54, 1.807) is 11.8 Å². The summed E-state index contributed by atoms with van der Waals surface area (Å²) in [5, 5.41) is 5.82. The minimum absolute atomic E-state index is 0.233. The molecule has 0 saturated carbocycles. The molecule has 2 nitrogen and oxygen atoms in total. The SMILES string of the molecule is CSc1ccc(NC2SC=C(c3ccc(C)cc3)N2C)cc1. The molecule has 0 saturated heterocycles. The lowest BCUT2D eigenvalue weighted by Crippen LogP contribution is -2.30. The highest BCUT2D eigenvalue weighted by Crippen LogP contribution is 2.35. The second kappa shape index (κ2) is 6.71. The molecule has 0 fully saturated rings. The van der Waals surface area contributed by atoms with Crippen LogP contribution in [0.5, 0.6) is 0 Å². The third-order valence-corrected chi connectivity index (χ3v) is 5.56. The Morgan fingerprint density at radius 2 is 1.73 bits per heavy atom. The first-order chi connectivity index (χ1) is 10.7. The lowest BCUT2D eigenvalue weighted by atomic mass is 10.1. The van der Waals surface area contributed by atoms with Crippen molar-refractivity contribution in [2.24, 2.45) is 0 Å². The van der Waals surface area contributed by atoms with E-state index in [0.29, 0.717) is 0 Å². The fourth-order valence-electron chi connectivity index (χ4n) is 2.39. The van der Waals surface area contributed by atoms with Crippen LogP contribution >= 0.6 is 23.5 Å². The lowest BCUT2D eigenvalue weighted by molar-refractivity contribution is 0.491. The molecular formula is C18H20N2S2. The van der Waals surface area contributed by atoms with E-state index in [2.05, 4.69) is 84.4 Å². The summed E-state index contributed by atoms with van der Waals surface area (Å²) in [6.45, 7) is 2.12. The average Bonchev–Trinajstić information content (AvgIpc) is 2.90. The Labute approximate surface area is 141 Å². The molecule has 1 heterocycles. The number of hydrogen-bond acceptors (Lipinski definition) is 4. The molecule has 2 aromatic rings. The summed E-state index contributed by atoms with van der Waals surface area (Å²) >= 11 is 3.58. The van der Waals surface area contributed by atoms with E-state index in [0.717, 1.165) is 5.69 Å². The Morgan fingerprint density at radius 1 is 1.05 bits per heavy atom. The van der Waals surface area contributed by atoms with Gasteiger partial charge >= 0.3 is 0 Å². The normalized spacial score (nSPS) is 17.5. The van der Waals surface area contributed by atoms with Gasteiger partial charge in [0.2, 0.25) is 0 Å². The summed E-state index contributed by atoms with van der Waals surface area (Å²) in [7, 11) is 2.14. The first-order valence-corrected chi connectivity index (χ1v) is 9.40. The number of aryl methyl sites for hydroxylation is 1. The van der Waals surface area contributed by atoms with Crippen molar-refractivity contribution in [1.29, 1.82) is 0 Å². The molecule has 114 valence electrons. The summed E-state index contributed by atoms with van der Waals surface area (Å²) in [4.78, 5) is 3.58. The predicted molar refractivity (Wildman–Crippen MR) is 100 cm³/mol. The largest absolute Gasteiger partial charge is 0.356 e. The first kappa shape index (κ1) is 15.4. The topological polar surface area (TPSA) is 15.3 Å². The van der Waals surface area contributed by atoms with Gasteiger partial charge in [-0.2, -0.15) is 0 Å². The van der Waals surface area contributed by atoms with Crippen LogP contribution in [-0.4, -0.2) is 23.7 Å². The van der Waals surface area contributed by atoms with Gasteiger partial charge in [-0.05, 0) is 48.4 Å². The van der Waals surface area contributed by atoms with Gasteiger partial charge in [-0.15, -0.1) is 11.8 Å². The van der Waals surface area contributed by atoms with Crippen LogP contribution in [0.2, 0.25) is 0 Å². The molecule has 1 unspecified atom stereocenters. The Morgan fingerprint density at radius 3 is 2.36 bits per heavy atom. The van der Waals surface area contributed by atoms with E-state index >= 15 is 0 Å². The van der Waals surface area contributed by atoms with Crippen molar-refractivity contribution in [3.8, 4) is 0 Å². The summed E-state index contributed by atoms with van der Waals surface area (Å²) in [5.74, 6) is 0. The van der Waals surface area contributed by atoms with Gasteiger partial charge in [-0.1, -0.05) is 41.6 Å². The zero-order chi connectivity index (χ0) is 15.5. The van der Waals surface area contributed by atoms with Crippen LogP contribution in [0.15, 0.2) is 58.8 Å². The van der Waals surface area contributed by atoms with Gasteiger partial charge < -0.3 is 10.2 Å². The number of nitrogens with zero attached hydrogens (tertiary/aromatic N) is 1. The Bertz CT molecular complexity index is 662. The zero-order valence-corrected chi connectivity index (χ0v) is 14.7. The van der Waals surface area contributed by atoms with E-state index in [9.17, 15) is 0 Å². The van der Waals surface area contributed by atoms with Crippen LogP contribution in [0, 0.1) is 6.92 Å². The molecule has 0 radical (unpaired) electrons. The third-order valence-electron chi connectivity index (χ3n) is 3.77. The third kappa shape index (κ3) is 3.28.